The Bertz CT molecular complexity index is 525. The Hall–Kier alpha value is -2.24. The number of hydrogen-bond donors (Lipinski definition) is 1. The van der Waals surface area contributed by atoms with Crippen LogP contribution in [0, 0.1) is 6.92 Å². The van der Waals surface area contributed by atoms with Crippen molar-refractivity contribution in [1.29, 1.82) is 0 Å². The van der Waals surface area contributed by atoms with Gasteiger partial charge in [0.15, 0.2) is 11.5 Å². The van der Waals surface area contributed by atoms with Crippen LogP contribution in [-0.2, 0) is 6.54 Å². The molecule has 0 unspecified atom stereocenters. The lowest BCUT2D eigenvalue weighted by Crippen LogP contribution is -2.00. The molecule has 0 fully saturated rings. The molecule has 0 amide bonds. The molecule has 2 rings (SSSR count). The number of ether oxygens (including phenoxy) is 2. The lowest BCUT2D eigenvalue weighted by atomic mass is 10.2. The van der Waals surface area contributed by atoms with E-state index in [1.165, 1.54) is 0 Å². The van der Waals surface area contributed by atoms with E-state index in [0.717, 1.165) is 5.69 Å². The van der Waals surface area contributed by atoms with E-state index < -0.39 is 0 Å². The van der Waals surface area contributed by atoms with Crippen molar-refractivity contribution in [2.45, 2.75) is 13.5 Å². The molecule has 2 aromatic rings. The first-order valence-corrected chi connectivity index (χ1v) is 5.48. The molecule has 96 valence electrons. The van der Waals surface area contributed by atoms with E-state index in [2.05, 4.69) is 15.5 Å². The topological polar surface area (TPSA) is 69.4 Å². The Morgan fingerprint density at radius 1 is 1.17 bits per heavy atom. The maximum absolute atomic E-state index is 5.27. The standard InChI is InChI=1S/C12H15N3O3/c1-8-14-15-12(18-8)7-13-9-4-5-10(16-2)11(6-9)17-3/h4-6,13H,7H2,1-3H3. The van der Waals surface area contributed by atoms with Crippen molar-refractivity contribution in [2.75, 3.05) is 19.5 Å². The Labute approximate surface area is 105 Å². The predicted molar refractivity (Wildman–Crippen MR) is 65.9 cm³/mol. The lowest BCUT2D eigenvalue weighted by Gasteiger charge is -2.10. The molecule has 0 aliphatic heterocycles. The molecule has 18 heavy (non-hydrogen) atoms. The summed E-state index contributed by atoms with van der Waals surface area (Å²) in [5.41, 5.74) is 0.892. The highest BCUT2D eigenvalue weighted by Gasteiger charge is 2.06. The fourth-order valence-electron chi connectivity index (χ4n) is 1.53. The third-order valence-corrected chi connectivity index (χ3v) is 2.40. The highest BCUT2D eigenvalue weighted by molar-refractivity contribution is 5.54. The maximum atomic E-state index is 5.27. The number of nitrogens with zero attached hydrogens (tertiary/aromatic N) is 2. The number of hydrogen-bond acceptors (Lipinski definition) is 6. The summed E-state index contributed by atoms with van der Waals surface area (Å²) in [5, 5.41) is 10.8. The normalized spacial score (nSPS) is 10.2. The Morgan fingerprint density at radius 2 is 1.94 bits per heavy atom. The molecule has 0 atom stereocenters. The summed E-state index contributed by atoms with van der Waals surface area (Å²) < 4.78 is 15.6. The second-order valence-corrected chi connectivity index (χ2v) is 3.64. The maximum Gasteiger partial charge on any atom is 0.235 e. The van der Waals surface area contributed by atoms with Crippen molar-refractivity contribution in [3.05, 3.63) is 30.0 Å². The summed E-state index contributed by atoms with van der Waals surface area (Å²) in [5.74, 6) is 2.46. The van der Waals surface area contributed by atoms with Crippen molar-refractivity contribution >= 4 is 5.69 Å². The van der Waals surface area contributed by atoms with Crippen molar-refractivity contribution in [3.63, 3.8) is 0 Å². The van der Waals surface area contributed by atoms with Crippen LogP contribution in [0.5, 0.6) is 11.5 Å². The molecule has 1 aromatic carbocycles. The van der Waals surface area contributed by atoms with Gasteiger partial charge in [-0.15, -0.1) is 10.2 Å². The molecule has 0 saturated heterocycles. The largest absolute Gasteiger partial charge is 0.493 e. The molecule has 6 nitrogen and oxygen atoms in total. The number of methoxy groups -OCH3 is 2. The molecule has 0 radical (unpaired) electrons. The highest BCUT2D eigenvalue weighted by atomic mass is 16.5. The van der Waals surface area contributed by atoms with Gasteiger partial charge in [0.25, 0.3) is 0 Å². The van der Waals surface area contributed by atoms with Crippen LogP contribution in [0.4, 0.5) is 5.69 Å². The van der Waals surface area contributed by atoms with Crippen LogP contribution < -0.4 is 14.8 Å². The van der Waals surface area contributed by atoms with Crippen molar-refractivity contribution in [2.24, 2.45) is 0 Å². The van der Waals surface area contributed by atoms with Crippen LogP contribution in [0.15, 0.2) is 22.6 Å². The Morgan fingerprint density at radius 3 is 2.56 bits per heavy atom. The number of anilines is 1. The van der Waals surface area contributed by atoms with E-state index in [-0.39, 0.29) is 0 Å². The minimum Gasteiger partial charge on any atom is -0.493 e. The molecule has 6 heteroatoms. The molecular formula is C12H15N3O3. The number of aromatic nitrogens is 2. The van der Waals surface area contributed by atoms with Crippen molar-refractivity contribution < 1.29 is 13.9 Å². The van der Waals surface area contributed by atoms with Gasteiger partial charge in [-0.1, -0.05) is 0 Å². The molecule has 0 aliphatic rings. The molecular weight excluding hydrogens is 234 g/mol. The van der Waals surface area contributed by atoms with E-state index in [1.807, 2.05) is 18.2 Å². The van der Waals surface area contributed by atoms with E-state index in [9.17, 15) is 0 Å². The fraction of sp³-hybridized carbons (Fsp3) is 0.333. The highest BCUT2D eigenvalue weighted by Crippen LogP contribution is 2.29. The summed E-state index contributed by atoms with van der Waals surface area (Å²) in [4.78, 5) is 0. The SMILES string of the molecule is COc1ccc(NCc2nnc(C)o2)cc1OC. The first-order chi connectivity index (χ1) is 8.72. The minimum atomic E-state index is 0.469. The number of nitrogens with one attached hydrogen (secondary N) is 1. The summed E-state index contributed by atoms with van der Waals surface area (Å²) in [7, 11) is 3.20. The van der Waals surface area contributed by atoms with E-state index >= 15 is 0 Å². The summed E-state index contributed by atoms with van der Waals surface area (Å²) in [6.07, 6.45) is 0. The van der Waals surface area contributed by atoms with Gasteiger partial charge in [0.05, 0.1) is 20.8 Å². The minimum absolute atomic E-state index is 0.469. The molecule has 0 saturated carbocycles. The summed E-state index contributed by atoms with van der Waals surface area (Å²) in [6, 6.07) is 5.58. The van der Waals surface area contributed by atoms with Gasteiger partial charge in [0.1, 0.15) is 0 Å². The number of benzene rings is 1. The summed E-state index contributed by atoms with van der Waals surface area (Å²) in [6.45, 7) is 2.23. The molecule has 0 spiro atoms. The zero-order chi connectivity index (χ0) is 13.0. The number of aryl methyl sites for hydroxylation is 1. The van der Waals surface area contributed by atoms with Crippen molar-refractivity contribution in [3.8, 4) is 11.5 Å². The Balaban J connectivity index is 2.05. The third kappa shape index (κ3) is 2.71. The van der Waals surface area contributed by atoms with Gasteiger partial charge >= 0.3 is 0 Å². The monoisotopic (exact) mass is 249 g/mol. The van der Waals surface area contributed by atoms with Gasteiger partial charge < -0.3 is 19.2 Å². The number of rotatable bonds is 5. The second-order valence-electron chi connectivity index (χ2n) is 3.64. The quantitative estimate of drug-likeness (QED) is 0.874. The van der Waals surface area contributed by atoms with Crippen LogP contribution >= 0.6 is 0 Å². The zero-order valence-corrected chi connectivity index (χ0v) is 10.6. The molecule has 0 aliphatic carbocycles. The van der Waals surface area contributed by atoms with Gasteiger partial charge in [-0.05, 0) is 12.1 Å². The average molecular weight is 249 g/mol. The lowest BCUT2D eigenvalue weighted by molar-refractivity contribution is 0.355. The smallest absolute Gasteiger partial charge is 0.235 e. The molecule has 1 N–H and O–H groups in total. The van der Waals surface area contributed by atoms with Gasteiger partial charge in [0, 0.05) is 18.7 Å². The molecule has 0 bridgehead atoms. The van der Waals surface area contributed by atoms with Gasteiger partial charge in [-0.3, -0.25) is 0 Å². The first-order valence-electron chi connectivity index (χ1n) is 5.48. The van der Waals surface area contributed by atoms with Crippen LogP contribution in [0.2, 0.25) is 0 Å². The molecule has 1 aromatic heterocycles. The predicted octanol–water partition coefficient (Wildman–Crippen LogP) is 2.01. The van der Waals surface area contributed by atoms with E-state index in [1.54, 1.807) is 21.1 Å². The van der Waals surface area contributed by atoms with Gasteiger partial charge in [-0.25, -0.2) is 0 Å². The fourth-order valence-corrected chi connectivity index (χ4v) is 1.53. The molecule has 1 heterocycles. The third-order valence-electron chi connectivity index (χ3n) is 2.40. The average Bonchev–Trinajstić information content (AvgIpc) is 2.81. The van der Waals surface area contributed by atoms with Crippen LogP contribution in [0.3, 0.4) is 0 Å². The van der Waals surface area contributed by atoms with Crippen molar-refractivity contribution in [1.82, 2.24) is 10.2 Å². The summed E-state index contributed by atoms with van der Waals surface area (Å²) >= 11 is 0. The van der Waals surface area contributed by atoms with Gasteiger partial charge in [0.2, 0.25) is 11.8 Å². The van der Waals surface area contributed by atoms with Crippen LogP contribution in [0.1, 0.15) is 11.8 Å². The van der Waals surface area contributed by atoms with E-state index in [4.69, 9.17) is 13.9 Å². The van der Waals surface area contributed by atoms with Gasteiger partial charge in [-0.2, -0.15) is 0 Å². The van der Waals surface area contributed by atoms with Crippen LogP contribution in [0.25, 0.3) is 0 Å². The first kappa shape index (κ1) is 12.2. The zero-order valence-electron chi connectivity index (χ0n) is 10.6. The van der Waals surface area contributed by atoms with E-state index in [0.29, 0.717) is 29.8 Å². The second kappa shape index (κ2) is 5.39. The Kier molecular flexibility index (Phi) is 3.66. The van der Waals surface area contributed by atoms with Crippen LogP contribution in [-0.4, -0.2) is 24.4 Å².